The third-order valence-corrected chi connectivity index (χ3v) is 4.50. The second-order valence-corrected chi connectivity index (χ2v) is 6.02. The molecule has 2 aromatic rings. The molecule has 2 N–H and O–H groups in total. The van der Waals surface area contributed by atoms with E-state index in [4.69, 9.17) is 0 Å². The van der Waals surface area contributed by atoms with Gasteiger partial charge in [0.1, 0.15) is 0 Å². The zero-order chi connectivity index (χ0) is 13.8. The van der Waals surface area contributed by atoms with E-state index in [2.05, 4.69) is 53.1 Å². The first-order valence-corrected chi connectivity index (χ1v) is 8.05. The summed E-state index contributed by atoms with van der Waals surface area (Å²) in [5.41, 5.74) is 1.26. The van der Waals surface area contributed by atoms with Crippen molar-refractivity contribution in [2.75, 3.05) is 18.2 Å². The Labute approximate surface area is 123 Å². The van der Waals surface area contributed by atoms with Crippen molar-refractivity contribution >= 4 is 28.4 Å². The summed E-state index contributed by atoms with van der Waals surface area (Å²) in [7, 11) is 0. The van der Waals surface area contributed by atoms with Crippen LogP contribution in [0, 0.1) is 0 Å². The Morgan fingerprint density at radius 2 is 2.10 bits per heavy atom. The lowest BCUT2D eigenvalue weighted by Gasteiger charge is -2.10. The SMILES string of the molecule is O=C(NCCc1ccc2ccccc2c1)C1CSCN1. The Morgan fingerprint density at radius 1 is 1.25 bits per heavy atom. The van der Waals surface area contributed by atoms with Gasteiger partial charge in [0.15, 0.2) is 0 Å². The highest BCUT2D eigenvalue weighted by molar-refractivity contribution is 7.99. The number of nitrogens with one attached hydrogen (secondary N) is 2. The summed E-state index contributed by atoms with van der Waals surface area (Å²) < 4.78 is 0. The van der Waals surface area contributed by atoms with Gasteiger partial charge in [-0.1, -0.05) is 42.5 Å². The minimum absolute atomic E-state index is 0.0170. The fourth-order valence-corrected chi connectivity index (χ4v) is 3.35. The van der Waals surface area contributed by atoms with Gasteiger partial charge in [-0.3, -0.25) is 10.1 Å². The van der Waals surface area contributed by atoms with Crippen molar-refractivity contribution in [1.29, 1.82) is 0 Å². The standard InChI is InChI=1S/C16H18N2OS/c19-16(15-10-20-11-18-15)17-8-7-12-5-6-13-3-1-2-4-14(13)9-12/h1-6,9,15,18H,7-8,10-11H2,(H,17,19). The molecule has 3 rings (SSSR count). The highest BCUT2D eigenvalue weighted by atomic mass is 32.2. The molecule has 2 aromatic carbocycles. The van der Waals surface area contributed by atoms with Crippen LogP contribution in [0.1, 0.15) is 5.56 Å². The number of hydrogen-bond donors (Lipinski definition) is 2. The Hall–Kier alpha value is -1.52. The zero-order valence-corrected chi connectivity index (χ0v) is 12.1. The molecule has 0 spiro atoms. The minimum Gasteiger partial charge on any atom is -0.354 e. The van der Waals surface area contributed by atoms with E-state index in [9.17, 15) is 4.79 Å². The maximum absolute atomic E-state index is 11.9. The molecule has 0 radical (unpaired) electrons. The summed E-state index contributed by atoms with van der Waals surface area (Å²) in [6.07, 6.45) is 0.871. The lowest BCUT2D eigenvalue weighted by atomic mass is 10.1. The molecule has 1 unspecified atom stereocenters. The Morgan fingerprint density at radius 3 is 2.90 bits per heavy atom. The fourth-order valence-electron chi connectivity index (χ4n) is 2.41. The third kappa shape index (κ3) is 3.14. The molecule has 104 valence electrons. The van der Waals surface area contributed by atoms with E-state index in [1.165, 1.54) is 16.3 Å². The van der Waals surface area contributed by atoms with E-state index in [-0.39, 0.29) is 11.9 Å². The minimum atomic E-state index is -0.0170. The largest absolute Gasteiger partial charge is 0.354 e. The highest BCUT2D eigenvalue weighted by Gasteiger charge is 2.21. The van der Waals surface area contributed by atoms with Gasteiger partial charge in [0.2, 0.25) is 5.91 Å². The molecular weight excluding hydrogens is 268 g/mol. The van der Waals surface area contributed by atoms with E-state index in [1.54, 1.807) is 11.8 Å². The summed E-state index contributed by atoms with van der Waals surface area (Å²) in [5, 5.41) is 8.70. The molecule has 1 amide bonds. The summed E-state index contributed by atoms with van der Waals surface area (Å²) in [6, 6.07) is 14.8. The summed E-state index contributed by atoms with van der Waals surface area (Å²) in [4.78, 5) is 11.9. The normalized spacial score (nSPS) is 18.3. The number of fused-ring (bicyclic) bond motifs is 1. The van der Waals surface area contributed by atoms with Crippen molar-refractivity contribution in [3.05, 3.63) is 48.0 Å². The Bertz CT molecular complexity index is 608. The number of hydrogen-bond acceptors (Lipinski definition) is 3. The van der Waals surface area contributed by atoms with Crippen LogP contribution in [0.25, 0.3) is 10.8 Å². The topological polar surface area (TPSA) is 41.1 Å². The van der Waals surface area contributed by atoms with Gasteiger partial charge in [0.05, 0.1) is 6.04 Å². The van der Waals surface area contributed by atoms with Crippen molar-refractivity contribution < 1.29 is 4.79 Å². The van der Waals surface area contributed by atoms with Gasteiger partial charge < -0.3 is 5.32 Å². The van der Waals surface area contributed by atoms with Crippen molar-refractivity contribution in [3.8, 4) is 0 Å². The molecule has 3 nitrogen and oxygen atoms in total. The van der Waals surface area contributed by atoms with Crippen LogP contribution < -0.4 is 10.6 Å². The quantitative estimate of drug-likeness (QED) is 0.905. The first-order chi connectivity index (χ1) is 9.83. The first kappa shape index (κ1) is 13.5. The van der Waals surface area contributed by atoms with Crippen LogP contribution in [0.3, 0.4) is 0 Å². The molecule has 1 fully saturated rings. The van der Waals surface area contributed by atoms with Crippen LogP contribution in [-0.2, 0) is 11.2 Å². The molecule has 1 aliphatic heterocycles. The van der Waals surface area contributed by atoms with Crippen molar-refractivity contribution in [2.24, 2.45) is 0 Å². The third-order valence-electron chi connectivity index (χ3n) is 3.56. The molecule has 0 bridgehead atoms. The Kier molecular flexibility index (Phi) is 4.23. The van der Waals surface area contributed by atoms with Gasteiger partial charge in [-0.2, -0.15) is 0 Å². The van der Waals surface area contributed by atoms with E-state index >= 15 is 0 Å². The summed E-state index contributed by atoms with van der Waals surface area (Å²) in [6.45, 7) is 0.694. The van der Waals surface area contributed by atoms with Crippen molar-refractivity contribution in [1.82, 2.24) is 10.6 Å². The number of carbonyl (C=O) groups is 1. The van der Waals surface area contributed by atoms with Crippen molar-refractivity contribution in [3.63, 3.8) is 0 Å². The number of thioether (sulfide) groups is 1. The maximum Gasteiger partial charge on any atom is 0.238 e. The van der Waals surface area contributed by atoms with Crippen LogP contribution in [0.5, 0.6) is 0 Å². The molecule has 1 heterocycles. The highest BCUT2D eigenvalue weighted by Crippen LogP contribution is 2.15. The predicted octanol–water partition coefficient (Wildman–Crippen LogP) is 2.16. The van der Waals surface area contributed by atoms with E-state index < -0.39 is 0 Å². The number of rotatable bonds is 4. The number of benzene rings is 2. The monoisotopic (exact) mass is 286 g/mol. The van der Waals surface area contributed by atoms with E-state index in [0.717, 1.165) is 18.1 Å². The van der Waals surface area contributed by atoms with E-state index in [0.29, 0.717) is 6.54 Å². The molecule has 1 aliphatic rings. The molecule has 0 aliphatic carbocycles. The van der Waals surface area contributed by atoms with Crippen LogP contribution in [-0.4, -0.2) is 30.1 Å². The molecule has 0 saturated carbocycles. The lowest BCUT2D eigenvalue weighted by molar-refractivity contribution is -0.122. The van der Waals surface area contributed by atoms with Crippen LogP contribution in [0.2, 0.25) is 0 Å². The average Bonchev–Trinajstić information content (AvgIpc) is 3.01. The lowest BCUT2D eigenvalue weighted by Crippen LogP contribution is -2.42. The Balaban J connectivity index is 1.55. The fraction of sp³-hybridized carbons (Fsp3) is 0.312. The van der Waals surface area contributed by atoms with Crippen LogP contribution in [0.4, 0.5) is 0 Å². The molecule has 4 heteroatoms. The van der Waals surface area contributed by atoms with Gasteiger partial charge in [0, 0.05) is 18.2 Å². The molecule has 20 heavy (non-hydrogen) atoms. The average molecular weight is 286 g/mol. The molecule has 1 saturated heterocycles. The van der Waals surface area contributed by atoms with Gasteiger partial charge in [-0.15, -0.1) is 11.8 Å². The molecule has 1 atom stereocenters. The van der Waals surface area contributed by atoms with Gasteiger partial charge >= 0.3 is 0 Å². The maximum atomic E-state index is 11.9. The summed E-state index contributed by atoms with van der Waals surface area (Å²) >= 11 is 1.77. The molecular formula is C16H18N2OS. The predicted molar refractivity (Wildman–Crippen MR) is 84.9 cm³/mol. The van der Waals surface area contributed by atoms with E-state index in [1.807, 2.05) is 0 Å². The molecule has 0 aromatic heterocycles. The van der Waals surface area contributed by atoms with Gasteiger partial charge in [-0.05, 0) is 22.8 Å². The first-order valence-electron chi connectivity index (χ1n) is 6.89. The van der Waals surface area contributed by atoms with Crippen LogP contribution >= 0.6 is 11.8 Å². The second-order valence-electron chi connectivity index (χ2n) is 4.99. The van der Waals surface area contributed by atoms with Gasteiger partial charge in [0.25, 0.3) is 0 Å². The van der Waals surface area contributed by atoms with Gasteiger partial charge in [-0.25, -0.2) is 0 Å². The summed E-state index contributed by atoms with van der Waals surface area (Å²) in [5.74, 6) is 1.88. The van der Waals surface area contributed by atoms with Crippen molar-refractivity contribution in [2.45, 2.75) is 12.5 Å². The number of amides is 1. The zero-order valence-electron chi connectivity index (χ0n) is 11.3. The second kappa shape index (κ2) is 6.29. The smallest absolute Gasteiger partial charge is 0.238 e. The number of carbonyl (C=O) groups excluding carboxylic acids is 1. The van der Waals surface area contributed by atoms with Crippen LogP contribution in [0.15, 0.2) is 42.5 Å².